The first-order valence-electron chi connectivity index (χ1n) is 9.77. The lowest BCUT2D eigenvalue weighted by molar-refractivity contribution is 0.102. The first-order valence-corrected chi connectivity index (χ1v) is 10.6. The smallest absolute Gasteiger partial charge is 0.409 e. The molecule has 0 aliphatic rings. The Bertz CT molecular complexity index is 1250. The van der Waals surface area contributed by atoms with Crippen LogP contribution in [0.25, 0.3) is 11.1 Å². The second-order valence-electron chi connectivity index (χ2n) is 7.03. The van der Waals surface area contributed by atoms with Gasteiger partial charge in [0.25, 0.3) is 5.91 Å². The fourth-order valence-electron chi connectivity index (χ4n) is 3.42. The van der Waals surface area contributed by atoms with Crippen molar-refractivity contribution in [1.29, 1.82) is 0 Å². The standard InChI is InChI=1S/C24H20N4O3S/c25-19-5-1-2-6-20(19)27-23(29)16-10-8-15(9-11-16)22-17(12-18-13-26-14-32-18)4-3-7-21(22)28-24(30)31/h1-11,13-14,28H,12,25H2,(H,27,29)(H,30,31). The highest BCUT2D eigenvalue weighted by atomic mass is 32.1. The lowest BCUT2D eigenvalue weighted by Crippen LogP contribution is -2.13. The molecule has 0 spiro atoms. The Morgan fingerprint density at radius 3 is 2.38 bits per heavy atom. The molecule has 1 heterocycles. The van der Waals surface area contributed by atoms with Gasteiger partial charge in [-0.1, -0.05) is 36.4 Å². The summed E-state index contributed by atoms with van der Waals surface area (Å²) in [5, 5.41) is 14.6. The molecule has 160 valence electrons. The monoisotopic (exact) mass is 444 g/mol. The molecule has 32 heavy (non-hydrogen) atoms. The third-order valence-corrected chi connectivity index (χ3v) is 5.66. The molecule has 7 nitrogen and oxygen atoms in total. The normalized spacial score (nSPS) is 10.5. The summed E-state index contributed by atoms with van der Waals surface area (Å²) >= 11 is 1.54. The number of rotatable bonds is 6. The van der Waals surface area contributed by atoms with E-state index in [1.807, 2.05) is 24.3 Å². The number of nitrogens with one attached hydrogen (secondary N) is 2. The summed E-state index contributed by atoms with van der Waals surface area (Å²) in [6.45, 7) is 0. The van der Waals surface area contributed by atoms with E-state index in [1.165, 1.54) is 11.3 Å². The molecule has 8 heteroatoms. The summed E-state index contributed by atoms with van der Waals surface area (Å²) < 4.78 is 0. The van der Waals surface area contributed by atoms with Crippen LogP contribution >= 0.6 is 11.3 Å². The summed E-state index contributed by atoms with van der Waals surface area (Å²) in [5.74, 6) is -0.281. The molecule has 0 unspecified atom stereocenters. The van der Waals surface area contributed by atoms with Gasteiger partial charge in [-0.3, -0.25) is 15.1 Å². The van der Waals surface area contributed by atoms with Gasteiger partial charge in [-0.05, 0) is 41.5 Å². The number of nitrogens with zero attached hydrogens (tertiary/aromatic N) is 1. The number of nitrogen functional groups attached to an aromatic ring is 1. The number of carboxylic acid groups (broad SMARTS) is 1. The minimum Gasteiger partial charge on any atom is -0.465 e. The predicted molar refractivity (Wildman–Crippen MR) is 127 cm³/mol. The zero-order chi connectivity index (χ0) is 22.5. The van der Waals surface area contributed by atoms with Crippen molar-refractivity contribution in [1.82, 2.24) is 4.98 Å². The van der Waals surface area contributed by atoms with Crippen LogP contribution in [-0.4, -0.2) is 22.1 Å². The van der Waals surface area contributed by atoms with Gasteiger partial charge in [0.1, 0.15) is 0 Å². The number of hydrogen-bond donors (Lipinski definition) is 4. The van der Waals surface area contributed by atoms with Crippen molar-refractivity contribution < 1.29 is 14.7 Å². The molecule has 0 saturated carbocycles. The highest BCUT2D eigenvalue weighted by Gasteiger charge is 2.15. The van der Waals surface area contributed by atoms with Crippen LogP contribution in [0.15, 0.2) is 78.4 Å². The van der Waals surface area contributed by atoms with Crippen molar-refractivity contribution in [2.24, 2.45) is 0 Å². The van der Waals surface area contributed by atoms with E-state index in [4.69, 9.17) is 5.73 Å². The van der Waals surface area contributed by atoms with E-state index in [0.29, 0.717) is 29.0 Å². The summed E-state index contributed by atoms with van der Waals surface area (Å²) in [4.78, 5) is 29.2. The molecule has 5 N–H and O–H groups in total. The van der Waals surface area contributed by atoms with Crippen LogP contribution in [0.4, 0.5) is 21.9 Å². The largest absolute Gasteiger partial charge is 0.465 e. The Labute approximate surface area is 188 Å². The maximum Gasteiger partial charge on any atom is 0.409 e. The van der Waals surface area contributed by atoms with Gasteiger partial charge in [-0.25, -0.2) is 4.79 Å². The SMILES string of the molecule is Nc1ccccc1NC(=O)c1ccc(-c2c(Cc3cncs3)cccc2NC(=O)O)cc1. The van der Waals surface area contributed by atoms with Gasteiger partial charge in [0.05, 0.1) is 22.6 Å². The van der Waals surface area contributed by atoms with E-state index >= 15 is 0 Å². The van der Waals surface area contributed by atoms with Crippen LogP contribution in [-0.2, 0) is 6.42 Å². The Morgan fingerprint density at radius 1 is 0.938 bits per heavy atom. The lowest BCUT2D eigenvalue weighted by Gasteiger charge is -2.15. The van der Waals surface area contributed by atoms with Crippen LogP contribution < -0.4 is 16.4 Å². The lowest BCUT2D eigenvalue weighted by atomic mass is 9.94. The van der Waals surface area contributed by atoms with Crippen LogP contribution in [0.5, 0.6) is 0 Å². The third kappa shape index (κ3) is 4.76. The fourth-order valence-corrected chi connectivity index (χ4v) is 4.04. The maximum absolute atomic E-state index is 12.6. The zero-order valence-electron chi connectivity index (χ0n) is 16.9. The van der Waals surface area contributed by atoms with Crippen molar-refractivity contribution >= 4 is 40.4 Å². The van der Waals surface area contributed by atoms with E-state index < -0.39 is 6.09 Å². The second-order valence-corrected chi connectivity index (χ2v) is 8.00. The Hall–Kier alpha value is -4.17. The Balaban J connectivity index is 1.66. The van der Waals surface area contributed by atoms with E-state index in [0.717, 1.165) is 21.6 Å². The molecular weight excluding hydrogens is 424 g/mol. The molecule has 3 aromatic carbocycles. The Kier molecular flexibility index (Phi) is 6.14. The number of amides is 2. The van der Waals surface area contributed by atoms with Crippen molar-refractivity contribution in [3.8, 4) is 11.1 Å². The minimum absolute atomic E-state index is 0.281. The highest BCUT2D eigenvalue weighted by molar-refractivity contribution is 7.09. The number of hydrogen-bond acceptors (Lipinski definition) is 5. The highest BCUT2D eigenvalue weighted by Crippen LogP contribution is 2.34. The fraction of sp³-hybridized carbons (Fsp3) is 0.0417. The molecule has 2 amide bonds. The molecule has 0 saturated heterocycles. The maximum atomic E-state index is 12.6. The summed E-state index contributed by atoms with van der Waals surface area (Å²) in [6, 6.07) is 19.6. The Morgan fingerprint density at radius 2 is 1.69 bits per heavy atom. The molecule has 0 bridgehead atoms. The van der Waals surface area contributed by atoms with E-state index in [2.05, 4.69) is 15.6 Å². The molecule has 0 aliphatic carbocycles. The molecule has 0 aliphatic heterocycles. The number of benzene rings is 3. The summed E-state index contributed by atoms with van der Waals surface area (Å²) in [7, 11) is 0. The quantitative estimate of drug-likeness (QED) is 0.300. The van der Waals surface area contributed by atoms with E-state index in [1.54, 1.807) is 54.2 Å². The van der Waals surface area contributed by atoms with Crippen LogP contribution in [0.2, 0.25) is 0 Å². The second kappa shape index (κ2) is 9.32. The first kappa shape index (κ1) is 21.1. The number of aromatic nitrogens is 1. The molecular formula is C24H20N4O3S. The van der Waals surface area contributed by atoms with Gasteiger partial charge in [0.2, 0.25) is 0 Å². The van der Waals surface area contributed by atoms with E-state index in [9.17, 15) is 14.7 Å². The average molecular weight is 445 g/mol. The minimum atomic E-state index is -1.14. The van der Waals surface area contributed by atoms with Crippen molar-refractivity contribution in [2.75, 3.05) is 16.4 Å². The van der Waals surface area contributed by atoms with E-state index in [-0.39, 0.29) is 5.91 Å². The topological polar surface area (TPSA) is 117 Å². The zero-order valence-corrected chi connectivity index (χ0v) is 17.7. The number of carbonyl (C=O) groups is 2. The van der Waals surface area contributed by atoms with Gasteiger partial charge in [-0.2, -0.15) is 0 Å². The molecule has 0 atom stereocenters. The van der Waals surface area contributed by atoms with Crippen molar-refractivity contribution in [2.45, 2.75) is 6.42 Å². The van der Waals surface area contributed by atoms with Gasteiger partial charge < -0.3 is 16.2 Å². The van der Waals surface area contributed by atoms with Crippen molar-refractivity contribution in [3.05, 3.63) is 94.4 Å². The summed E-state index contributed by atoms with van der Waals surface area (Å²) in [6.07, 6.45) is 1.27. The van der Waals surface area contributed by atoms with Gasteiger partial charge in [-0.15, -0.1) is 11.3 Å². The van der Waals surface area contributed by atoms with Crippen LogP contribution in [0.3, 0.4) is 0 Å². The molecule has 0 fully saturated rings. The van der Waals surface area contributed by atoms with Gasteiger partial charge >= 0.3 is 6.09 Å². The first-order chi connectivity index (χ1) is 15.5. The van der Waals surface area contributed by atoms with Crippen LogP contribution in [0.1, 0.15) is 20.8 Å². The van der Waals surface area contributed by atoms with Gasteiger partial charge in [0, 0.05) is 28.6 Å². The molecule has 0 radical (unpaired) electrons. The molecule has 4 aromatic rings. The number of thiazole rings is 1. The number of carbonyl (C=O) groups excluding carboxylic acids is 1. The number of nitrogens with two attached hydrogens (primary N) is 1. The summed E-state index contributed by atoms with van der Waals surface area (Å²) in [5.41, 5.74) is 12.2. The predicted octanol–water partition coefficient (Wildman–Crippen LogP) is 5.33. The number of anilines is 3. The van der Waals surface area contributed by atoms with Gasteiger partial charge in [0.15, 0.2) is 0 Å². The van der Waals surface area contributed by atoms with Crippen LogP contribution in [0, 0.1) is 0 Å². The molecule has 1 aromatic heterocycles. The van der Waals surface area contributed by atoms with Crippen molar-refractivity contribution in [3.63, 3.8) is 0 Å². The third-order valence-electron chi connectivity index (χ3n) is 4.89. The molecule has 4 rings (SSSR count). The average Bonchev–Trinajstić information content (AvgIpc) is 3.28. The number of para-hydroxylation sites is 2.